The van der Waals surface area contributed by atoms with Crippen LogP contribution in [0.25, 0.3) is 16.6 Å². The first kappa shape index (κ1) is 25.4. The van der Waals surface area contributed by atoms with E-state index in [9.17, 15) is 4.79 Å². The maximum absolute atomic E-state index is 13.2. The Kier molecular flexibility index (Phi) is 7.59. The van der Waals surface area contributed by atoms with Gasteiger partial charge in [0.2, 0.25) is 0 Å². The molecule has 11 heteroatoms. The lowest BCUT2D eigenvalue weighted by molar-refractivity contribution is 0.102. The van der Waals surface area contributed by atoms with Gasteiger partial charge in [-0.1, -0.05) is 0 Å². The molecule has 1 aliphatic heterocycles. The fraction of sp³-hybridized carbons (Fsp3) is 0.462. The van der Waals surface area contributed by atoms with E-state index in [4.69, 9.17) is 9.84 Å². The summed E-state index contributed by atoms with van der Waals surface area (Å²) in [5.74, 6) is 1.49. The number of ether oxygens (including phenoxy) is 1. The van der Waals surface area contributed by atoms with Crippen molar-refractivity contribution in [3.8, 4) is 5.75 Å². The lowest BCUT2D eigenvalue weighted by atomic mass is 9.85. The van der Waals surface area contributed by atoms with E-state index in [0.29, 0.717) is 28.8 Å². The van der Waals surface area contributed by atoms with Crippen molar-refractivity contribution in [3.63, 3.8) is 0 Å². The molecule has 0 radical (unpaired) electrons. The monoisotopic (exact) mass is 524 g/mol. The van der Waals surface area contributed by atoms with Crippen LogP contribution in [0.2, 0.25) is 0 Å². The number of carbonyl (C=O) groups is 1. The second kappa shape index (κ2) is 11.0. The maximum Gasteiger partial charge on any atom is 0.260 e. The number of methoxy groups -OCH3 is 1. The van der Waals surface area contributed by atoms with Gasteiger partial charge in [0.1, 0.15) is 5.75 Å². The van der Waals surface area contributed by atoms with Crippen LogP contribution < -0.4 is 15.4 Å². The molecule has 10 nitrogen and oxygen atoms in total. The van der Waals surface area contributed by atoms with Gasteiger partial charge >= 0.3 is 0 Å². The second-order valence-electron chi connectivity index (χ2n) is 9.84. The number of anilines is 1. The summed E-state index contributed by atoms with van der Waals surface area (Å²) in [6.45, 7) is 5.75. The van der Waals surface area contributed by atoms with Crippen molar-refractivity contribution >= 4 is 40.7 Å². The van der Waals surface area contributed by atoms with Gasteiger partial charge in [-0.2, -0.15) is 14.7 Å². The number of fused-ring (bicyclic) bond motifs is 2. The largest absolute Gasteiger partial charge is 0.496 e. The van der Waals surface area contributed by atoms with Gasteiger partial charge in [0.15, 0.2) is 11.5 Å². The third-order valence-electron chi connectivity index (χ3n) is 7.52. The fourth-order valence-electron chi connectivity index (χ4n) is 5.55. The molecule has 0 bridgehead atoms. The Morgan fingerprint density at radius 1 is 1.19 bits per heavy atom. The highest BCUT2D eigenvalue weighted by Crippen LogP contribution is 2.34. The Hall–Kier alpha value is -3.21. The first-order chi connectivity index (χ1) is 17.7. The maximum atomic E-state index is 13.2. The Morgan fingerprint density at radius 2 is 2.00 bits per heavy atom. The summed E-state index contributed by atoms with van der Waals surface area (Å²) in [4.78, 5) is 20.1. The van der Waals surface area contributed by atoms with Crippen LogP contribution in [0.3, 0.4) is 0 Å². The van der Waals surface area contributed by atoms with Crippen LogP contribution in [0.5, 0.6) is 5.75 Å². The predicted octanol–water partition coefficient (Wildman–Crippen LogP) is 3.40. The van der Waals surface area contributed by atoms with Crippen LogP contribution >= 0.6 is 12.4 Å². The summed E-state index contributed by atoms with van der Waals surface area (Å²) >= 11 is 0. The van der Waals surface area contributed by atoms with Crippen molar-refractivity contribution in [3.05, 3.63) is 48.4 Å². The molecule has 0 spiro atoms. The molecule has 6 rings (SSSR count). The van der Waals surface area contributed by atoms with Crippen molar-refractivity contribution < 1.29 is 9.53 Å². The Bertz CT molecular complexity index is 1370. The zero-order valence-corrected chi connectivity index (χ0v) is 21.8. The van der Waals surface area contributed by atoms with Crippen molar-refractivity contribution in [1.29, 1.82) is 0 Å². The number of aromatic nitrogens is 5. The molecular formula is C26H33ClN8O2. The van der Waals surface area contributed by atoms with Gasteiger partial charge in [-0.15, -0.1) is 12.4 Å². The molecule has 1 aliphatic carbocycles. The minimum Gasteiger partial charge on any atom is -0.496 e. The van der Waals surface area contributed by atoms with E-state index in [0.717, 1.165) is 55.8 Å². The highest BCUT2D eigenvalue weighted by molar-refractivity contribution is 6.08. The van der Waals surface area contributed by atoms with Crippen molar-refractivity contribution in [2.45, 2.75) is 31.7 Å². The molecule has 4 heterocycles. The van der Waals surface area contributed by atoms with Gasteiger partial charge in [-0.05, 0) is 49.8 Å². The van der Waals surface area contributed by atoms with Crippen LogP contribution in [0.1, 0.15) is 42.1 Å². The number of benzene rings is 1. The number of rotatable bonds is 6. The minimum atomic E-state index is -0.276. The SMILES string of the molecule is COc1cc2nn(C3CCC(CN4CCNCC4)CC3)cc2cc1C(=O)Nc1cnc2cccnn12.Cl. The summed E-state index contributed by atoms with van der Waals surface area (Å²) < 4.78 is 9.26. The van der Waals surface area contributed by atoms with E-state index in [1.54, 1.807) is 30.1 Å². The summed E-state index contributed by atoms with van der Waals surface area (Å²) in [5, 5.41) is 16.4. The van der Waals surface area contributed by atoms with E-state index in [-0.39, 0.29) is 18.3 Å². The Labute approximate surface area is 221 Å². The third-order valence-corrected chi connectivity index (χ3v) is 7.52. The zero-order chi connectivity index (χ0) is 24.5. The van der Waals surface area contributed by atoms with Crippen molar-refractivity contribution in [2.24, 2.45) is 5.92 Å². The van der Waals surface area contributed by atoms with E-state index in [1.165, 1.54) is 19.4 Å². The van der Waals surface area contributed by atoms with Gasteiger partial charge < -0.3 is 20.3 Å². The van der Waals surface area contributed by atoms with Gasteiger partial charge in [0.05, 0.1) is 30.4 Å². The molecule has 1 saturated heterocycles. The highest BCUT2D eigenvalue weighted by Gasteiger charge is 2.26. The number of carbonyl (C=O) groups excluding carboxylic acids is 1. The fourth-order valence-corrected chi connectivity index (χ4v) is 5.55. The van der Waals surface area contributed by atoms with Gasteiger partial charge in [-0.25, -0.2) is 4.98 Å². The van der Waals surface area contributed by atoms with Crippen molar-refractivity contribution in [1.82, 2.24) is 34.6 Å². The van der Waals surface area contributed by atoms with Gasteiger partial charge in [0.25, 0.3) is 5.91 Å². The standard InChI is InChI=1S/C26H32N8O2.ClH/c1-36-23-14-22-19(13-21(23)26(35)30-25-15-28-24-3-2-8-29-34(24)25)17-33(31-22)20-6-4-18(5-7-20)16-32-11-9-27-10-12-32;/h2-3,8,13-15,17-18,20,27H,4-7,9-12,16H2,1H3,(H,30,35);1H. The molecular weight excluding hydrogens is 492 g/mol. The molecule has 2 aliphatic rings. The van der Waals surface area contributed by atoms with Crippen LogP contribution in [-0.2, 0) is 0 Å². The van der Waals surface area contributed by atoms with E-state index in [1.807, 2.05) is 18.2 Å². The van der Waals surface area contributed by atoms with E-state index in [2.05, 4.69) is 36.5 Å². The third kappa shape index (κ3) is 5.27. The summed E-state index contributed by atoms with van der Waals surface area (Å²) in [6, 6.07) is 7.75. The average Bonchev–Trinajstić information content (AvgIpc) is 3.53. The molecule has 1 amide bonds. The quantitative estimate of drug-likeness (QED) is 0.398. The van der Waals surface area contributed by atoms with Crippen LogP contribution in [-0.4, -0.2) is 75.0 Å². The number of nitrogens with one attached hydrogen (secondary N) is 2. The second-order valence-corrected chi connectivity index (χ2v) is 9.84. The number of hydrogen-bond acceptors (Lipinski definition) is 7. The minimum absolute atomic E-state index is 0. The van der Waals surface area contributed by atoms with Crippen molar-refractivity contribution in [2.75, 3.05) is 45.2 Å². The van der Waals surface area contributed by atoms with E-state index < -0.39 is 0 Å². The molecule has 2 fully saturated rings. The molecule has 4 aromatic rings. The lowest BCUT2D eigenvalue weighted by Crippen LogP contribution is -2.45. The summed E-state index contributed by atoms with van der Waals surface area (Å²) in [7, 11) is 1.57. The number of hydrogen-bond donors (Lipinski definition) is 2. The first-order valence-electron chi connectivity index (χ1n) is 12.8. The number of halogens is 1. The normalized spacial score (nSPS) is 20.6. The summed E-state index contributed by atoms with van der Waals surface area (Å²) in [6.07, 6.45) is 10.1. The topological polar surface area (TPSA) is 102 Å². The van der Waals surface area contributed by atoms with Gasteiger partial charge in [0, 0.05) is 56.6 Å². The number of piperazine rings is 1. The molecule has 0 atom stereocenters. The Morgan fingerprint density at radius 3 is 2.78 bits per heavy atom. The van der Waals surface area contributed by atoms with Crippen LogP contribution in [0.4, 0.5) is 5.82 Å². The molecule has 2 N–H and O–H groups in total. The van der Waals surface area contributed by atoms with E-state index >= 15 is 0 Å². The number of amides is 1. The molecule has 196 valence electrons. The highest BCUT2D eigenvalue weighted by atomic mass is 35.5. The first-order valence-corrected chi connectivity index (χ1v) is 12.8. The Balaban J connectivity index is 0.00000280. The molecule has 37 heavy (non-hydrogen) atoms. The summed E-state index contributed by atoms with van der Waals surface area (Å²) in [5.41, 5.74) is 1.96. The molecule has 1 saturated carbocycles. The number of imidazole rings is 1. The number of nitrogens with zero attached hydrogens (tertiary/aromatic N) is 6. The lowest BCUT2D eigenvalue weighted by Gasteiger charge is -2.34. The smallest absolute Gasteiger partial charge is 0.260 e. The zero-order valence-electron chi connectivity index (χ0n) is 21.0. The molecule has 3 aromatic heterocycles. The average molecular weight is 525 g/mol. The molecule has 1 aromatic carbocycles. The van der Waals surface area contributed by atoms with Crippen LogP contribution in [0.15, 0.2) is 42.9 Å². The molecule has 0 unspecified atom stereocenters. The predicted molar refractivity (Wildman–Crippen MR) is 145 cm³/mol. The van der Waals surface area contributed by atoms with Crippen LogP contribution in [0, 0.1) is 5.92 Å². The van der Waals surface area contributed by atoms with Gasteiger partial charge in [-0.3, -0.25) is 9.48 Å².